The second-order valence-corrected chi connectivity index (χ2v) is 5.18. The van der Waals surface area contributed by atoms with Crippen molar-refractivity contribution in [1.29, 1.82) is 5.26 Å². The average molecular weight is 260 g/mol. The van der Waals surface area contributed by atoms with E-state index in [0.29, 0.717) is 25.8 Å². The zero-order valence-electron chi connectivity index (χ0n) is 9.96. The van der Waals surface area contributed by atoms with Crippen LogP contribution in [0.1, 0.15) is 32.1 Å². The van der Waals surface area contributed by atoms with E-state index in [-0.39, 0.29) is 13.0 Å². The summed E-state index contributed by atoms with van der Waals surface area (Å²) in [4.78, 5) is 13.4. The molecule has 0 radical (unpaired) electrons. The normalized spacial score (nSPS) is 27.2. The Labute approximate surface area is 104 Å². The molecule has 0 spiro atoms. The number of piperidine rings is 1. The van der Waals surface area contributed by atoms with Gasteiger partial charge in [0.05, 0.1) is 12.0 Å². The smallest absolute Gasteiger partial charge is 0.341 e. The molecule has 0 aromatic carbocycles. The maximum absolute atomic E-state index is 12.6. The van der Waals surface area contributed by atoms with E-state index in [2.05, 4.69) is 0 Å². The third-order valence-electron chi connectivity index (χ3n) is 4.00. The van der Waals surface area contributed by atoms with Crippen LogP contribution in [0.4, 0.5) is 13.2 Å². The lowest BCUT2D eigenvalue weighted by Gasteiger charge is -2.41. The number of hydrogen-bond acceptors (Lipinski definition) is 2. The predicted octanol–water partition coefficient (Wildman–Crippen LogP) is 2.48. The molecule has 1 saturated heterocycles. The predicted molar refractivity (Wildman–Crippen MR) is 57.3 cm³/mol. The number of likely N-dealkylation sites (tertiary alicyclic amines) is 1. The first-order chi connectivity index (χ1) is 8.39. The van der Waals surface area contributed by atoms with Crippen molar-refractivity contribution in [2.24, 2.45) is 11.3 Å². The Morgan fingerprint density at radius 3 is 2.44 bits per heavy atom. The molecule has 0 aromatic rings. The molecule has 3 nitrogen and oxygen atoms in total. The van der Waals surface area contributed by atoms with E-state index in [9.17, 15) is 18.0 Å². The molecule has 2 aliphatic rings. The van der Waals surface area contributed by atoms with Crippen molar-refractivity contribution in [3.8, 4) is 6.07 Å². The fourth-order valence-corrected chi connectivity index (χ4v) is 2.64. The molecule has 0 aromatic heterocycles. The third kappa shape index (κ3) is 2.18. The molecule has 1 aliphatic heterocycles. The molecule has 6 heteroatoms. The van der Waals surface area contributed by atoms with Gasteiger partial charge in [0.25, 0.3) is 0 Å². The van der Waals surface area contributed by atoms with Crippen molar-refractivity contribution in [2.45, 2.75) is 38.3 Å². The lowest BCUT2D eigenvalue weighted by molar-refractivity contribution is -0.190. The molecule has 1 heterocycles. The first-order valence-corrected chi connectivity index (χ1v) is 6.16. The third-order valence-corrected chi connectivity index (χ3v) is 4.00. The number of nitrogens with zero attached hydrogens (tertiary/aromatic N) is 2. The Hall–Kier alpha value is -1.25. The molecule has 1 amide bonds. The fraction of sp³-hybridized carbons (Fsp3) is 0.833. The highest BCUT2D eigenvalue weighted by Crippen LogP contribution is 2.43. The van der Waals surface area contributed by atoms with Gasteiger partial charge in [-0.25, -0.2) is 0 Å². The van der Waals surface area contributed by atoms with Crippen LogP contribution in [-0.2, 0) is 4.79 Å². The van der Waals surface area contributed by atoms with Crippen molar-refractivity contribution < 1.29 is 18.0 Å². The van der Waals surface area contributed by atoms with Crippen LogP contribution in [0.15, 0.2) is 0 Å². The highest BCUT2D eigenvalue weighted by atomic mass is 19.4. The van der Waals surface area contributed by atoms with E-state index in [1.165, 1.54) is 4.90 Å². The first kappa shape index (κ1) is 13.2. The molecule has 2 rings (SSSR count). The molecule has 1 atom stereocenters. The van der Waals surface area contributed by atoms with Crippen LogP contribution < -0.4 is 0 Å². The fourth-order valence-electron chi connectivity index (χ4n) is 2.64. The molecular formula is C12H15F3N2O. The van der Waals surface area contributed by atoms with E-state index < -0.39 is 23.4 Å². The highest BCUT2D eigenvalue weighted by Gasteiger charge is 2.50. The summed E-state index contributed by atoms with van der Waals surface area (Å²) in [6, 6.07) is 1.99. The number of amides is 1. The van der Waals surface area contributed by atoms with Gasteiger partial charge in [-0.3, -0.25) is 4.79 Å². The average Bonchev–Trinajstić information content (AvgIpc) is 2.27. The van der Waals surface area contributed by atoms with Gasteiger partial charge < -0.3 is 4.90 Å². The van der Waals surface area contributed by atoms with Crippen LogP contribution in [0, 0.1) is 22.7 Å². The van der Waals surface area contributed by atoms with Crippen molar-refractivity contribution in [2.75, 3.05) is 13.1 Å². The summed E-state index contributed by atoms with van der Waals surface area (Å²) in [5, 5.41) is 9.04. The highest BCUT2D eigenvalue weighted by molar-refractivity contribution is 5.86. The van der Waals surface area contributed by atoms with E-state index in [4.69, 9.17) is 5.26 Å². The molecule has 1 unspecified atom stereocenters. The quantitative estimate of drug-likeness (QED) is 0.727. The molecule has 1 saturated carbocycles. The number of rotatable bonds is 1. The second kappa shape index (κ2) is 4.45. The van der Waals surface area contributed by atoms with Gasteiger partial charge in [0.2, 0.25) is 5.91 Å². The van der Waals surface area contributed by atoms with Crippen LogP contribution in [0.5, 0.6) is 0 Å². The molecule has 1 aliphatic carbocycles. The Morgan fingerprint density at radius 1 is 1.33 bits per heavy atom. The summed E-state index contributed by atoms with van der Waals surface area (Å²) in [5.74, 6) is -1.84. The number of hydrogen-bond donors (Lipinski definition) is 0. The van der Waals surface area contributed by atoms with Crippen LogP contribution in [0.25, 0.3) is 0 Å². The summed E-state index contributed by atoms with van der Waals surface area (Å²) in [5.41, 5.74) is -1.03. The number of nitriles is 1. The van der Waals surface area contributed by atoms with E-state index in [1.807, 2.05) is 6.07 Å². The Kier molecular flexibility index (Phi) is 3.26. The van der Waals surface area contributed by atoms with Gasteiger partial charge in [0.1, 0.15) is 5.41 Å². The minimum Gasteiger partial charge on any atom is -0.341 e. The van der Waals surface area contributed by atoms with Gasteiger partial charge in [-0.2, -0.15) is 18.4 Å². The van der Waals surface area contributed by atoms with Gasteiger partial charge in [-0.1, -0.05) is 0 Å². The number of halogens is 3. The monoisotopic (exact) mass is 260 g/mol. The zero-order valence-corrected chi connectivity index (χ0v) is 9.96. The molecule has 2 fully saturated rings. The minimum atomic E-state index is -4.25. The summed E-state index contributed by atoms with van der Waals surface area (Å²) in [6.45, 7) is 0.0562. The summed E-state index contributed by atoms with van der Waals surface area (Å²) >= 11 is 0. The van der Waals surface area contributed by atoms with Gasteiger partial charge in [-0.15, -0.1) is 0 Å². The van der Waals surface area contributed by atoms with Crippen molar-refractivity contribution in [3.05, 3.63) is 0 Å². The minimum absolute atomic E-state index is 0.0762. The number of carbonyl (C=O) groups is 1. The van der Waals surface area contributed by atoms with E-state index in [0.717, 1.165) is 6.42 Å². The summed E-state index contributed by atoms with van der Waals surface area (Å²) in [6.07, 6.45) is -2.05. The Bertz CT molecular complexity index is 382. The number of carbonyl (C=O) groups excluding carboxylic acids is 1. The topological polar surface area (TPSA) is 44.1 Å². The SMILES string of the molecule is N#CC1(C(=O)N2CCCC(C(F)(F)F)C2)CCC1. The summed E-state index contributed by atoms with van der Waals surface area (Å²) in [7, 11) is 0. The van der Waals surface area contributed by atoms with Crippen LogP contribution in [0.3, 0.4) is 0 Å². The first-order valence-electron chi connectivity index (χ1n) is 6.16. The molecule has 0 bridgehead atoms. The van der Waals surface area contributed by atoms with Crippen LogP contribution in [-0.4, -0.2) is 30.1 Å². The van der Waals surface area contributed by atoms with Crippen LogP contribution >= 0.6 is 0 Å². The van der Waals surface area contributed by atoms with Gasteiger partial charge >= 0.3 is 6.18 Å². The standard InChI is InChI=1S/C12H15F3N2O/c13-12(14,15)9-3-1-6-17(7-9)10(18)11(8-16)4-2-5-11/h9H,1-7H2. The summed E-state index contributed by atoms with van der Waals surface area (Å²) < 4.78 is 37.9. The maximum Gasteiger partial charge on any atom is 0.393 e. The Balaban J connectivity index is 2.06. The zero-order chi connectivity index (χ0) is 13.4. The van der Waals surface area contributed by atoms with Crippen LogP contribution in [0.2, 0.25) is 0 Å². The second-order valence-electron chi connectivity index (χ2n) is 5.18. The van der Waals surface area contributed by atoms with Gasteiger partial charge in [0, 0.05) is 13.1 Å². The lowest BCUT2D eigenvalue weighted by atomic mass is 9.68. The molecule has 100 valence electrons. The Morgan fingerprint density at radius 2 is 2.00 bits per heavy atom. The van der Waals surface area contributed by atoms with E-state index in [1.54, 1.807) is 0 Å². The maximum atomic E-state index is 12.6. The van der Waals surface area contributed by atoms with Gasteiger partial charge in [-0.05, 0) is 32.1 Å². The van der Waals surface area contributed by atoms with Gasteiger partial charge in [0.15, 0.2) is 0 Å². The molecule has 18 heavy (non-hydrogen) atoms. The van der Waals surface area contributed by atoms with Crippen molar-refractivity contribution in [3.63, 3.8) is 0 Å². The largest absolute Gasteiger partial charge is 0.393 e. The lowest BCUT2D eigenvalue weighted by Crippen LogP contribution is -2.52. The molecular weight excluding hydrogens is 245 g/mol. The van der Waals surface area contributed by atoms with Crippen molar-refractivity contribution in [1.82, 2.24) is 4.90 Å². The molecule has 0 N–H and O–H groups in total. The van der Waals surface area contributed by atoms with Crippen molar-refractivity contribution >= 4 is 5.91 Å². The number of alkyl halides is 3. The van der Waals surface area contributed by atoms with E-state index >= 15 is 0 Å².